The van der Waals surface area contributed by atoms with Gasteiger partial charge in [0, 0.05) is 18.3 Å². The molecule has 11 nitrogen and oxygen atoms in total. The van der Waals surface area contributed by atoms with Crippen molar-refractivity contribution < 1.29 is 22.6 Å². The van der Waals surface area contributed by atoms with Crippen molar-refractivity contribution in [2.75, 3.05) is 17.2 Å². The third kappa shape index (κ3) is 5.15. The fraction of sp³-hybridized carbons (Fsp3) is 0.357. The molecule has 0 saturated heterocycles. The Hall–Kier alpha value is -2.29. The first kappa shape index (κ1) is 20.4. The Morgan fingerprint density at radius 2 is 2.18 bits per heavy atom. The Balaban J connectivity index is 1.59. The van der Waals surface area contributed by atoms with Crippen molar-refractivity contribution in [1.29, 1.82) is 0 Å². The summed E-state index contributed by atoms with van der Waals surface area (Å²) in [6.45, 7) is 0.477. The van der Waals surface area contributed by atoms with Crippen molar-refractivity contribution >= 4 is 43.5 Å². The van der Waals surface area contributed by atoms with Crippen LogP contribution in [0.15, 0.2) is 32.5 Å². The molecule has 152 valence electrons. The monoisotopic (exact) mass is 477 g/mol. The second-order valence-electron chi connectivity index (χ2n) is 6.24. The highest BCUT2D eigenvalue weighted by atomic mass is 79.9. The molecule has 3 rings (SSSR count). The van der Waals surface area contributed by atoms with E-state index in [4.69, 9.17) is 9.77 Å². The largest absolute Gasteiger partial charge is 0.409 e. The maximum Gasteiger partial charge on any atom is 0.274 e. The molecule has 6 N–H and O–H groups in total. The van der Waals surface area contributed by atoms with Gasteiger partial charge >= 0.3 is 0 Å². The molecular weight excluding hydrogens is 461 g/mol. The fourth-order valence-electron chi connectivity index (χ4n) is 2.77. The molecule has 0 atom stereocenters. The van der Waals surface area contributed by atoms with Crippen molar-refractivity contribution in [3.8, 4) is 0 Å². The molecule has 1 aliphatic rings. The third-order valence-corrected chi connectivity index (χ3v) is 5.39. The molecule has 0 bridgehead atoms. The Morgan fingerprint density at radius 1 is 1.43 bits per heavy atom. The lowest BCUT2D eigenvalue weighted by Gasteiger charge is -2.35. The van der Waals surface area contributed by atoms with E-state index in [0.29, 0.717) is 25.1 Å². The predicted octanol–water partition coefficient (Wildman–Crippen LogP) is 1.20. The first-order valence-corrected chi connectivity index (χ1v) is 10.4. The summed E-state index contributed by atoms with van der Waals surface area (Å²) >= 11 is 3.07. The average Bonchev–Trinajstić information content (AvgIpc) is 3.05. The summed E-state index contributed by atoms with van der Waals surface area (Å²) in [5, 5.41) is 30.7. The molecule has 1 saturated carbocycles. The summed E-state index contributed by atoms with van der Waals surface area (Å²) in [4.78, 5) is 0. The molecule has 0 amide bonds. The van der Waals surface area contributed by atoms with Crippen molar-refractivity contribution in [1.82, 2.24) is 15.0 Å². The van der Waals surface area contributed by atoms with Crippen molar-refractivity contribution in [3.63, 3.8) is 0 Å². The second kappa shape index (κ2) is 8.38. The standard InChI is InChI=1S/C14H17BrFN7O4S/c15-10-5-8(1-2-11(10)16)19-14(20-24)12-13(22-27-21-12)18-6-7-3-9(4-7)23-28(17,25)26/h1-2,5,7,9,23-24H,3-4,6H2,(H,18,22)(H,19,20)(H2,17,25,26). The molecular formula is C14H17BrFN7O4S. The lowest BCUT2D eigenvalue weighted by molar-refractivity contribution is 0.260. The first-order chi connectivity index (χ1) is 13.2. The number of nitrogens with zero attached hydrogens (tertiary/aromatic N) is 3. The molecule has 1 aromatic carbocycles. The summed E-state index contributed by atoms with van der Waals surface area (Å²) in [6, 6.07) is 3.97. The number of nitrogens with one attached hydrogen (secondary N) is 3. The number of oxime groups is 1. The van der Waals surface area contributed by atoms with E-state index in [1.807, 2.05) is 0 Å². The maximum atomic E-state index is 13.3. The lowest BCUT2D eigenvalue weighted by atomic mass is 9.81. The number of nitrogens with two attached hydrogens (primary N) is 1. The Bertz CT molecular complexity index is 978. The van der Waals surface area contributed by atoms with Crippen LogP contribution in [0.3, 0.4) is 0 Å². The van der Waals surface area contributed by atoms with Gasteiger partial charge in [0.25, 0.3) is 10.2 Å². The van der Waals surface area contributed by atoms with Crippen LogP contribution < -0.4 is 20.5 Å². The van der Waals surface area contributed by atoms with Gasteiger partial charge < -0.3 is 15.8 Å². The number of amidine groups is 1. The van der Waals surface area contributed by atoms with E-state index in [1.54, 1.807) is 0 Å². The number of benzene rings is 1. The van der Waals surface area contributed by atoms with Crippen LogP contribution in [0.25, 0.3) is 0 Å². The topological polar surface area (TPSA) is 168 Å². The van der Waals surface area contributed by atoms with Crippen molar-refractivity contribution in [2.24, 2.45) is 16.2 Å². The SMILES string of the molecule is NS(=O)(=O)NC1CC(CNc2nonc2C(=NO)Nc2ccc(F)c(Br)c2)C1. The van der Waals surface area contributed by atoms with Gasteiger partial charge in [-0.3, -0.25) is 0 Å². The van der Waals surface area contributed by atoms with Gasteiger partial charge in [0.15, 0.2) is 5.69 Å². The van der Waals surface area contributed by atoms with Gasteiger partial charge in [0.2, 0.25) is 11.7 Å². The number of hydrogen-bond donors (Lipinski definition) is 5. The first-order valence-electron chi connectivity index (χ1n) is 8.06. The average molecular weight is 478 g/mol. The Morgan fingerprint density at radius 3 is 2.82 bits per heavy atom. The van der Waals surface area contributed by atoms with E-state index < -0.39 is 16.0 Å². The van der Waals surface area contributed by atoms with E-state index in [2.05, 4.69) is 46.8 Å². The summed E-state index contributed by atoms with van der Waals surface area (Å²) in [5.74, 6) is -0.0532. The van der Waals surface area contributed by atoms with Crippen LogP contribution in [0.2, 0.25) is 0 Å². The quantitative estimate of drug-likeness (QED) is 0.171. The number of halogens is 2. The molecule has 1 fully saturated rings. The normalized spacial score (nSPS) is 19.9. The number of aromatic nitrogens is 2. The third-order valence-electron chi connectivity index (χ3n) is 4.12. The Kier molecular flexibility index (Phi) is 6.12. The summed E-state index contributed by atoms with van der Waals surface area (Å²) in [5.41, 5.74) is 0.576. The van der Waals surface area contributed by atoms with Gasteiger partial charge in [-0.05, 0) is 63.2 Å². The summed E-state index contributed by atoms with van der Waals surface area (Å²) < 4.78 is 42.6. The molecule has 28 heavy (non-hydrogen) atoms. The van der Waals surface area contributed by atoms with Gasteiger partial charge in [-0.15, -0.1) is 0 Å². The predicted molar refractivity (Wildman–Crippen MR) is 102 cm³/mol. The molecule has 0 unspecified atom stereocenters. The Labute approximate surface area is 167 Å². The van der Waals surface area contributed by atoms with Gasteiger partial charge in [-0.25, -0.2) is 14.2 Å². The van der Waals surface area contributed by atoms with Gasteiger partial charge in [-0.2, -0.15) is 13.1 Å². The van der Waals surface area contributed by atoms with Crippen molar-refractivity contribution in [3.05, 3.63) is 34.2 Å². The summed E-state index contributed by atoms with van der Waals surface area (Å²) in [7, 11) is -3.71. The molecule has 1 aliphatic carbocycles. The van der Waals surface area contributed by atoms with Crippen LogP contribution in [0.5, 0.6) is 0 Å². The second-order valence-corrected chi connectivity index (χ2v) is 8.42. The highest BCUT2D eigenvalue weighted by Gasteiger charge is 2.31. The van der Waals surface area contributed by atoms with E-state index >= 15 is 0 Å². The molecule has 0 radical (unpaired) electrons. The fourth-order valence-corrected chi connectivity index (χ4v) is 3.81. The zero-order valence-corrected chi connectivity index (χ0v) is 16.7. The maximum absolute atomic E-state index is 13.3. The molecule has 1 heterocycles. The molecule has 1 aromatic heterocycles. The van der Waals surface area contributed by atoms with Crippen LogP contribution in [0, 0.1) is 11.7 Å². The minimum Gasteiger partial charge on any atom is -0.409 e. The smallest absolute Gasteiger partial charge is 0.274 e. The van der Waals surface area contributed by atoms with Gasteiger partial charge in [0.1, 0.15) is 5.82 Å². The van der Waals surface area contributed by atoms with E-state index in [0.717, 1.165) is 0 Å². The zero-order valence-electron chi connectivity index (χ0n) is 14.3. The van der Waals surface area contributed by atoms with Crippen LogP contribution in [-0.2, 0) is 10.2 Å². The van der Waals surface area contributed by atoms with E-state index in [1.165, 1.54) is 18.2 Å². The number of hydrogen-bond acceptors (Lipinski definition) is 8. The molecule has 2 aromatic rings. The highest BCUT2D eigenvalue weighted by molar-refractivity contribution is 9.10. The number of anilines is 2. The highest BCUT2D eigenvalue weighted by Crippen LogP contribution is 2.28. The molecule has 0 spiro atoms. The van der Waals surface area contributed by atoms with Crippen LogP contribution in [0.1, 0.15) is 18.5 Å². The van der Waals surface area contributed by atoms with Crippen LogP contribution >= 0.6 is 15.9 Å². The van der Waals surface area contributed by atoms with Crippen LogP contribution in [0.4, 0.5) is 15.9 Å². The van der Waals surface area contributed by atoms with E-state index in [9.17, 15) is 18.0 Å². The van der Waals surface area contributed by atoms with Crippen LogP contribution in [-0.4, -0.2) is 42.4 Å². The van der Waals surface area contributed by atoms with Crippen molar-refractivity contribution in [2.45, 2.75) is 18.9 Å². The lowest BCUT2D eigenvalue weighted by Crippen LogP contribution is -2.48. The van der Waals surface area contributed by atoms with Gasteiger partial charge in [0.05, 0.1) is 4.47 Å². The van der Waals surface area contributed by atoms with E-state index in [-0.39, 0.29) is 33.8 Å². The molecule has 0 aliphatic heterocycles. The minimum atomic E-state index is -3.71. The molecule has 14 heteroatoms. The number of rotatable bonds is 7. The minimum absolute atomic E-state index is 0.0513. The van der Waals surface area contributed by atoms with Gasteiger partial charge in [-0.1, -0.05) is 5.16 Å². The zero-order chi connectivity index (χ0) is 20.3. The summed E-state index contributed by atoms with van der Waals surface area (Å²) in [6.07, 6.45) is 1.24.